The number of ether oxygens (including phenoxy) is 2. The second kappa shape index (κ2) is 11.5. The SMILES string of the molecule is CN(C)c1ccc(CNC(=O)[C@@H](C(=O)OC(C)(C)C)C(N)OCC2CCCCC2)cc1. The highest BCUT2D eigenvalue weighted by Crippen LogP contribution is 2.24. The van der Waals surface area contributed by atoms with Gasteiger partial charge < -0.3 is 25.4 Å². The van der Waals surface area contributed by atoms with E-state index < -0.39 is 29.6 Å². The van der Waals surface area contributed by atoms with Gasteiger partial charge in [0.25, 0.3) is 0 Å². The minimum Gasteiger partial charge on any atom is -0.459 e. The van der Waals surface area contributed by atoms with Gasteiger partial charge in [-0.15, -0.1) is 0 Å². The fraction of sp³-hybridized carbons (Fsp3) is 0.667. The van der Waals surface area contributed by atoms with Crippen molar-refractivity contribution in [2.24, 2.45) is 17.6 Å². The normalized spacial score (nSPS) is 17.0. The molecule has 0 aromatic heterocycles. The third-order valence-corrected chi connectivity index (χ3v) is 5.44. The molecule has 0 saturated heterocycles. The van der Waals surface area contributed by atoms with Gasteiger partial charge in [0, 0.05) is 26.3 Å². The van der Waals surface area contributed by atoms with E-state index >= 15 is 0 Å². The molecule has 0 aliphatic heterocycles. The van der Waals surface area contributed by atoms with Crippen LogP contribution in [0.1, 0.15) is 58.4 Å². The number of carbonyl (C=O) groups excluding carboxylic acids is 2. The van der Waals surface area contributed by atoms with E-state index in [2.05, 4.69) is 5.32 Å². The molecule has 31 heavy (non-hydrogen) atoms. The van der Waals surface area contributed by atoms with E-state index in [4.69, 9.17) is 15.2 Å². The highest BCUT2D eigenvalue weighted by atomic mass is 16.6. The zero-order valence-corrected chi connectivity index (χ0v) is 19.6. The first-order valence-electron chi connectivity index (χ1n) is 11.2. The molecule has 7 nitrogen and oxygen atoms in total. The van der Waals surface area contributed by atoms with Gasteiger partial charge in [-0.1, -0.05) is 31.4 Å². The second-order valence-electron chi connectivity index (χ2n) is 9.59. The van der Waals surface area contributed by atoms with E-state index in [0.717, 1.165) is 24.1 Å². The minimum absolute atomic E-state index is 0.293. The number of amides is 1. The van der Waals surface area contributed by atoms with Crippen LogP contribution in [-0.4, -0.2) is 44.4 Å². The Morgan fingerprint density at radius 2 is 1.74 bits per heavy atom. The van der Waals surface area contributed by atoms with E-state index in [9.17, 15) is 9.59 Å². The van der Waals surface area contributed by atoms with Crippen molar-refractivity contribution in [1.29, 1.82) is 0 Å². The number of benzene rings is 1. The summed E-state index contributed by atoms with van der Waals surface area (Å²) >= 11 is 0. The zero-order valence-electron chi connectivity index (χ0n) is 19.6. The molecule has 1 aliphatic carbocycles. The maximum Gasteiger partial charge on any atom is 0.323 e. The molecule has 1 saturated carbocycles. The largest absolute Gasteiger partial charge is 0.459 e. The average Bonchev–Trinajstić information content (AvgIpc) is 2.70. The van der Waals surface area contributed by atoms with Crippen molar-refractivity contribution in [2.45, 2.75) is 71.2 Å². The van der Waals surface area contributed by atoms with Gasteiger partial charge in [-0.2, -0.15) is 0 Å². The number of nitrogens with one attached hydrogen (secondary N) is 1. The number of nitrogens with two attached hydrogens (primary N) is 1. The molecule has 3 N–H and O–H groups in total. The predicted molar refractivity (Wildman–Crippen MR) is 122 cm³/mol. The molecular weight excluding hydrogens is 394 g/mol. The summed E-state index contributed by atoms with van der Waals surface area (Å²) in [6, 6.07) is 7.84. The lowest BCUT2D eigenvalue weighted by Crippen LogP contribution is -2.49. The van der Waals surface area contributed by atoms with Gasteiger partial charge in [-0.3, -0.25) is 9.59 Å². The molecule has 0 bridgehead atoms. The standard InChI is InChI=1S/C24H39N3O4/c1-24(2,3)31-23(29)20(21(25)30-16-18-9-7-6-8-10-18)22(28)26-15-17-11-13-19(14-12-17)27(4)5/h11-14,18,20-21H,6-10,15-16,25H2,1-5H3,(H,26,28)/t20-,21?/m0/s1. The first kappa shape index (κ1) is 25.1. The Balaban J connectivity index is 2.01. The van der Waals surface area contributed by atoms with Crippen LogP contribution in [0.3, 0.4) is 0 Å². The Bertz CT molecular complexity index is 707. The Hall–Kier alpha value is -2.12. The molecule has 1 unspecified atom stereocenters. The van der Waals surface area contributed by atoms with Crippen LogP contribution in [0, 0.1) is 11.8 Å². The molecule has 7 heteroatoms. The third kappa shape index (κ3) is 8.50. The van der Waals surface area contributed by atoms with Gasteiger partial charge >= 0.3 is 5.97 Å². The van der Waals surface area contributed by atoms with Crippen LogP contribution in [0.15, 0.2) is 24.3 Å². The maximum absolute atomic E-state index is 12.9. The summed E-state index contributed by atoms with van der Waals surface area (Å²) in [6.45, 7) is 6.04. The van der Waals surface area contributed by atoms with Crippen molar-refractivity contribution >= 4 is 17.6 Å². The van der Waals surface area contributed by atoms with Gasteiger partial charge in [0.05, 0.1) is 6.61 Å². The molecular formula is C24H39N3O4. The molecule has 174 valence electrons. The molecule has 1 aromatic rings. The summed E-state index contributed by atoms with van der Waals surface area (Å²) < 4.78 is 11.3. The quantitative estimate of drug-likeness (QED) is 0.353. The Morgan fingerprint density at radius 3 is 2.29 bits per heavy atom. The van der Waals surface area contributed by atoms with Crippen molar-refractivity contribution in [3.63, 3.8) is 0 Å². The smallest absolute Gasteiger partial charge is 0.323 e. The van der Waals surface area contributed by atoms with E-state index in [1.54, 1.807) is 20.8 Å². The number of esters is 1. The highest BCUT2D eigenvalue weighted by Gasteiger charge is 2.37. The topological polar surface area (TPSA) is 93.9 Å². The number of nitrogens with zero attached hydrogens (tertiary/aromatic N) is 1. The summed E-state index contributed by atoms with van der Waals surface area (Å²) in [5, 5.41) is 2.82. The Labute approximate surface area is 186 Å². The molecule has 1 amide bonds. The monoisotopic (exact) mass is 433 g/mol. The predicted octanol–water partition coefficient (Wildman–Crippen LogP) is 3.21. The van der Waals surface area contributed by atoms with Gasteiger partial charge in [-0.25, -0.2) is 0 Å². The number of carbonyl (C=O) groups is 2. The number of anilines is 1. The van der Waals surface area contributed by atoms with Gasteiger partial charge in [0.1, 0.15) is 11.8 Å². The van der Waals surface area contributed by atoms with E-state index in [-0.39, 0.29) is 0 Å². The average molecular weight is 434 g/mol. The van der Waals surface area contributed by atoms with Crippen LogP contribution >= 0.6 is 0 Å². The van der Waals surface area contributed by atoms with Crippen LogP contribution in [-0.2, 0) is 25.6 Å². The van der Waals surface area contributed by atoms with E-state index in [1.807, 2.05) is 43.3 Å². The summed E-state index contributed by atoms with van der Waals surface area (Å²) in [6.07, 6.45) is 4.77. The second-order valence-corrected chi connectivity index (χ2v) is 9.59. The summed E-state index contributed by atoms with van der Waals surface area (Å²) in [7, 11) is 3.94. The highest BCUT2D eigenvalue weighted by molar-refractivity contribution is 5.98. The number of hydrogen-bond donors (Lipinski definition) is 2. The van der Waals surface area contributed by atoms with Crippen LogP contribution in [0.25, 0.3) is 0 Å². The lowest BCUT2D eigenvalue weighted by Gasteiger charge is -2.28. The summed E-state index contributed by atoms with van der Waals surface area (Å²) in [4.78, 5) is 27.7. The van der Waals surface area contributed by atoms with E-state index in [1.165, 1.54) is 19.3 Å². The van der Waals surface area contributed by atoms with Crippen LogP contribution in [0.4, 0.5) is 5.69 Å². The molecule has 1 fully saturated rings. The fourth-order valence-electron chi connectivity index (χ4n) is 3.66. The Kier molecular flexibility index (Phi) is 9.32. The van der Waals surface area contributed by atoms with E-state index in [0.29, 0.717) is 19.1 Å². The maximum atomic E-state index is 12.9. The molecule has 2 atom stereocenters. The van der Waals surface area contributed by atoms with Crippen molar-refractivity contribution in [3.05, 3.63) is 29.8 Å². The fourth-order valence-corrected chi connectivity index (χ4v) is 3.66. The van der Waals surface area contributed by atoms with Crippen molar-refractivity contribution < 1.29 is 19.1 Å². The van der Waals surface area contributed by atoms with Crippen molar-refractivity contribution in [3.8, 4) is 0 Å². The first-order chi connectivity index (χ1) is 14.6. The molecule has 0 radical (unpaired) electrons. The molecule has 1 aliphatic rings. The lowest BCUT2D eigenvalue weighted by molar-refractivity contribution is -0.169. The lowest BCUT2D eigenvalue weighted by atomic mass is 9.90. The summed E-state index contributed by atoms with van der Waals surface area (Å²) in [5.41, 5.74) is 7.47. The van der Waals surface area contributed by atoms with Crippen molar-refractivity contribution in [2.75, 3.05) is 25.6 Å². The van der Waals surface area contributed by atoms with Gasteiger partial charge in [-0.05, 0) is 57.2 Å². The summed E-state index contributed by atoms with van der Waals surface area (Å²) in [5.74, 6) is -1.94. The van der Waals surface area contributed by atoms with Crippen LogP contribution in [0.2, 0.25) is 0 Å². The van der Waals surface area contributed by atoms with Crippen LogP contribution in [0.5, 0.6) is 0 Å². The van der Waals surface area contributed by atoms with Gasteiger partial charge in [0.15, 0.2) is 5.92 Å². The van der Waals surface area contributed by atoms with Crippen molar-refractivity contribution in [1.82, 2.24) is 5.32 Å². The molecule has 0 heterocycles. The number of hydrogen-bond acceptors (Lipinski definition) is 6. The van der Waals surface area contributed by atoms with Gasteiger partial charge in [0.2, 0.25) is 5.91 Å². The third-order valence-electron chi connectivity index (χ3n) is 5.44. The molecule has 2 rings (SSSR count). The minimum atomic E-state index is -1.22. The first-order valence-corrected chi connectivity index (χ1v) is 11.2. The number of rotatable bonds is 9. The zero-order chi connectivity index (χ0) is 23.0. The Morgan fingerprint density at radius 1 is 1.13 bits per heavy atom. The molecule has 1 aromatic carbocycles. The molecule has 0 spiro atoms. The van der Waals surface area contributed by atoms with Crippen LogP contribution < -0.4 is 16.0 Å².